The number of benzene rings is 1. The lowest BCUT2D eigenvalue weighted by atomic mass is 9.65. The van der Waals surface area contributed by atoms with Crippen LogP contribution in [0.15, 0.2) is 23.4 Å². The van der Waals surface area contributed by atoms with E-state index in [1.54, 1.807) is 6.21 Å². The van der Waals surface area contributed by atoms with Crippen molar-refractivity contribution in [2.45, 2.75) is 57.3 Å². The third-order valence-electron chi connectivity index (χ3n) is 5.85. The lowest BCUT2D eigenvalue weighted by Crippen LogP contribution is -2.35. The van der Waals surface area contributed by atoms with Gasteiger partial charge in [0.05, 0.1) is 13.5 Å². The van der Waals surface area contributed by atoms with Gasteiger partial charge in [0.15, 0.2) is 0 Å². The summed E-state index contributed by atoms with van der Waals surface area (Å²) in [6.07, 6.45) is 5.42. The summed E-state index contributed by atoms with van der Waals surface area (Å²) in [6, 6.07) is 6.32. The normalized spacial score (nSPS) is 23.1. The third kappa shape index (κ3) is 2.92. The van der Waals surface area contributed by atoms with E-state index in [9.17, 15) is 4.79 Å². The van der Waals surface area contributed by atoms with Crippen molar-refractivity contribution in [1.82, 2.24) is 4.98 Å². The first-order chi connectivity index (χ1) is 12.1. The molecule has 0 saturated heterocycles. The minimum absolute atomic E-state index is 0.168. The Balaban J connectivity index is 2.20. The highest BCUT2D eigenvalue weighted by Gasteiger charge is 2.42. The van der Waals surface area contributed by atoms with Crippen LogP contribution in [0.2, 0.25) is 0 Å². The van der Waals surface area contributed by atoms with E-state index in [2.05, 4.69) is 42.2 Å². The molecule has 0 saturated carbocycles. The number of nitrogens with one attached hydrogen (secondary N) is 1. The standard InChI is InChI=1S/C20H26N2O3/c1-4-20(12-16(23)25-3)10-8-14(9-11-21-24)17-15-7-5-6-13(2)18(15)22-19(17)20/h5-7,11,14,22,24H,4,8-10,12H2,1-3H3. The molecule has 3 rings (SSSR count). The third-order valence-corrected chi connectivity index (χ3v) is 5.85. The monoisotopic (exact) mass is 342 g/mol. The molecule has 1 aliphatic rings. The molecule has 5 nitrogen and oxygen atoms in total. The number of para-hydroxylation sites is 1. The lowest BCUT2D eigenvalue weighted by molar-refractivity contribution is -0.142. The Morgan fingerprint density at radius 3 is 3.00 bits per heavy atom. The van der Waals surface area contributed by atoms with E-state index in [0.717, 1.165) is 30.5 Å². The number of aromatic nitrogens is 1. The average molecular weight is 342 g/mol. The topological polar surface area (TPSA) is 74.7 Å². The summed E-state index contributed by atoms with van der Waals surface area (Å²) in [6.45, 7) is 4.24. The minimum atomic E-state index is -0.221. The SMILES string of the molecule is CCC1(CC(=O)OC)CCC(CC=NO)c2c1[nH]c1c(C)cccc21. The highest BCUT2D eigenvalue weighted by atomic mass is 16.5. The maximum Gasteiger partial charge on any atom is 0.306 e. The molecule has 0 fully saturated rings. The Kier molecular flexibility index (Phi) is 4.84. The molecular weight excluding hydrogens is 316 g/mol. The fraction of sp³-hybridized carbons (Fsp3) is 0.500. The van der Waals surface area contributed by atoms with Gasteiger partial charge in [0.2, 0.25) is 0 Å². The molecule has 1 aromatic carbocycles. The molecule has 0 aliphatic heterocycles. The van der Waals surface area contributed by atoms with E-state index in [4.69, 9.17) is 9.94 Å². The molecule has 25 heavy (non-hydrogen) atoms. The zero-order valence-electron chi connectivity index (χ0n) is 15.1. The number of fused-ring (bicyclic) bond motifs is 3. The van der Waals surface area contributed by atoms with Gasteiger partial charge < -0.3 is 14.9 Å². The van der Waals surface area contributed by atoms with Crippen LogP contribution in [0.1, 0.15) is 61.8 Å². The Morgan fingerprint density at radius 1 is 1.52 bits per heavy atom. The predicted octanol–water partition coefficient (Wildman–Crippen LogP) is 4.41. The summed E-state index contributed by atoms with van der Waals surface area (Å²) in [5.41, 5.74) is 4.55. The molecule has 2 unspecified atom stereocenters. The number of hydrogen-bond donors (Lipinski definition) is 2. The highest BCUT2D eigenvalue weighted by Crippen LogP contribution is 2.50. The van der Waals surface area contributed by atoms with Gasteiger partial charge in [0.25, 0.3) is 0 Å². The van der Waals surface area contributed by atoms with E-state index < -0.39 is 0 Å². The van der Waals surface area contributed by atoms with Crippen molar-refractivity contribution < 1.29 is 14.7 Å². The lowest BCUT2D eigenvalue weighted by Gasteiger charge is -2.39. The smallest absolute Gasteiger partial charge is 0.306 e. The molecule has 2 N–H and O–H groups in total. The van der Waals surface area contributed by atoms with Crippen molar-refractivity contribution in [3.8, 4) is 0 Å². The molecule has 1 heterocycles. The first-order valence-electron chi connectivity index (χ1n) is 8.90. The van der Waals surface area contributed by atoms with Crippen molar-refractivity contribution in [3.05, 3.63) is 35.0 Å². The number of rotatable bonds is 5. The van der Waals surface area contributed by atoms with Crippen molar-refractivity contribution in [1.29, 1.82) is 0 Å². The largest absolute Gasteiger partial charge is 0.469 e. The zero-order valence-corrected chi connectivity index (χ0v) is 15.1. The Hall–Kier alpha value is -2.30. The summed E-state index contributed by atoms with van der Waals surface area (Å²) < 4.78 is 4.98. The number of oxime groups is 1. The van der Waals surface area contributed by atoms with Crippen LogP contribution in [-0.2, 0) is 14.9 Å². The van der Waals surface area contributed by atoms with Crippen molar-refractivity contribution >= 4 is 23.1 Å². The molecule has 134 valence electrons. The van der Waals surface area contributed by atoms with Gasteiger partial charge in [-0.1, -0.05) is 25.1 Å². The molecule has 0 radical (unpaired) electrons. The summed E-state index contributed by atoms with van der Waals surface area (Å²) in [4.78, 5) is 15.7. The van der Waals surface area contributed by atoms with Gasteiger partial charge in [-0.05, 0) is 49.7 Å². The summed E-state index contributed by atoms with van der Waals surface area (Å²) in [5.74, 6) is 0.123. The number of aromatic amines is 1. The van der Waals surface area contributed by atoms with E-state index in [1.165, 1.54) is 23.6 Å². The second-order valence-electron chi connectivity index (χ2n) is 7.07. The maximum atomic E-state index is 12.1. The van der Waals surface area contributed by atoms with Crippen molar-refractivity contribution in [3.63, 3.8) is 0 Å². The molecule has 0 amide bonds. The average Bonchev–Trinajstić information content (AvgIpc) is 3.03. The summed E-state index contributed by atoms with van der Waals surface area (Å²) >= 11 is 0. The number of esters is 1. The molecule has 0 bridgehead atoms. The van der Waals surface area contributed by atoms with Crippen molar-refractivity contribution in [2.24, 2.45) is 5.16 Å². The van der Waals surface area contributed by atoms with Gasteiger partial charge in [0.1, 0.15) is 0 Å². The van der Waals surface area contributed by atoms with Gasteiger partial charge in [-0.25, -0.2) is 0 Å². The summed E-state index contributed by atoms with van der Waals surface area (Å²) in [5, 5.41) is 13.3. The van der Waals surface area contributed by atoms with E-state index >= 15 is 0 Å². The number of aryl methyl sites for hydroxylation is 1. The predicted molar refractivity (Wildman–Crippen MR) is 98.5 cm³/mol. The van der Waals surface area contributed by atoms with Gasteiger partial charge in [-0.2, -0.15) is 0 Å². The fourth-order valence-electron chi connectivity index (χ4n) is 4.36. The maximum absolute atomic E-state index is 12.1. The first-order valence-corrected chi connectivity index (χ1v) is 8.90. The zero-order chi connectivity index (χ0) is 18.0. The molecular formula is C20H26N2O3. The molecule has 2 atom stereocenters. The Labute approximate surface area is 148 Å². The first kappa shape index (κ1) is 17.5. The highest BCUT2D eigenvalue weighted by molar-refractivity contribution is 5.89. The van der Waals surface area contributed by atoms with Crippen LogP contribution >= 0.6 is 0 Å². The van der Waals surface area contributed by atoms with Gasteiger partial charge in [0, 0.05) is 28.2 Å². The number of ether oxygens (including phenoxy) is 1. The van der Waals surface area contributed by atoms with Crippen LogP contribution in [0, 0.1) is 6.92 Å². The molecule has 0 spiro atoms. The Morgan fingerprint density at radius 2 is 2.32 bits per heavy atom. The van der Waals surface area contributed by atoms with Crippen LogP contribution in [0.5, 0.6) is 0 Å². The van der Waals surface area contributed by atoms with Crippen LogP contribution in [0.4, 0.5) is 0 Å². The second kappa shape index (κ2) is 6.90. The van der Waals surface area contributed by atoms with Gasteiger partial charge >= 0.3 is 5.97 Å². The minimum Gasteiger partial charge on any atom is -0.469 e. The number of carbonyl (C=O) groups excluding carboxylic acids is 1. The van der Waals surface area contributed by atoms with Gasteiger partial charge in [-0.3, -0.25) is 4.79 Å². The Bertz CT molecular complexity index is 809. The molecule has 2 aromatic rings. The quantitative estimate of drug-likeness (QED) is 0.366. The van der Waals surface area contributed by atoms with Crippen LogP contribution in [0.3, 0.4) is 0 Å². The van der Waals surface area contributed by atoms with Crippen LogP contribution in [0.25, 0.3) is 10.9 Å². The van der Waals surface area contributed by atoms with Crippen LogP contribution < -0.4 is 0 Å². The van der Waals surface area contributed by atoms with E-state index in [0.29, 0.717) is 18.8 Å². The molecule has 1 aromatic heterocycles. The number of H-pyrrole nitrogens is 1. The number of methoxy groups -OCH3 is 1. The number of carbonyl (C=O) groups is 1. The second-order valence-corrected chi connectivity index (χ2v) is 7.07. The molecule has 1 aliphatic carbocycles. The van der Waals surface area contributed by atoms with E-state index in [-0.39, 0.29) is 11.4 Å². The van der Waals surface area contributed by atoms with Crippen molar-refractivity contribution in [2.75, 3.05) is 7.11 Å². The number of nitrogens with zero attached hydrogens (tertiary/aromatic N) is 1. The summed E-state index contributed by atoms with van der Waals surface area (Å²) in [7, 11) is 1.45. The van der Waals surface area contributed by atoms with E-state index in [1.807, 2.05) is 0 Å². The molecule has 5 heteroatoms. The van der Waals surface area contributed by atoms with Gasteiger partial charge in [-0.15, -0.1) is 5.16 Å². The number of hydrogen-bond acceptors (Lipinski definition) is 4. The van der Waals surface area contributed by atoms with Crippen LogP contribution in [-0.4, -0.2) is 29.5 Å². The fourth-order valence-corrected chi connectivity index (χ4v) is 4.36.